The van der Waals surface area contributed by atoms with Gasteiger partial charge in [0.25, 0.3) is 0 Å². The van der Waals surface area contributed by atoms with Crippen molar-refractivity contribution in [2.45, 2.75) is 38.6 Å². The standard InChI is InChI=1S/C22H29N3O3/c26-20(10-11-25-21(27)18-8-4-5-9-19(18)22(25)28)24-14-12-23(13-15-24)16-17-6-2-1-3-7-17/h1-3,6-7,18-19H,4-5,8-16H2/t18-,19-/m0/s1. The van der Waals surface area contributed by atoms with Crippen LogP contribution in [-0.2, 0) is 20.9 Å². The lowest BCUT2D eigenvalue weighted by molar-refractivity contribution is -0.141. The molecule has 2 aliphatic heterocycles. The van der Waals surface area contributed by atoms with E-state index in [1.165, 1.54) is 10.5 Å². The van der Waals surface area contributed by atoms with Crippen molar-refractivity contribution in [3.8, 4) is 0 Å². The molecule has 1 aromatic carbocycles. The molecule has 0 bridgehead atoms. The fourth-order valence-corrected chi connectivity index (χ4v) is 4.81. The first kappa shape index (κ1) is 19.1. The second-order valence-corrected chi connectivity index (χ2v) is 8.22. The van der Waals surface area contributed by atoms with Crippen LogP contribution in [0, 0.1) is 11.8 Å². The van der Waals surface area contributed by atoms with Crippen LogP contribution >= 0.6 is 0 Å². The molecule has 6 nitrogen and oxygen atoms in total. The van der Waals surface area contributed by atoms with Gasteiger partial charge in [-0.25, -0.2) is 0 Å². The van der Waals surface area contributed by atoms with E-state index in [0.29, 0.717) is 13.1 Å². The van der Waals surface area contributed by atoms with Crippen molar-refractivity contribution in [1.82, 2.24) is 14.7 Å². The molecule has 4 rings (SSSR count). The molecular formula is C22H29N3O3. The topological polar surface area (TPSA) is 60.9 Å². The van der Waals surface area contributed by atoms with Gasteiger partial charge in [0.15, 0.2) is 0 Å². The number of amides is 3. The normalized spacial score (nSPS) is 25.9. The highest BCUT2D eigenvalue weighted by molar-refractivity contribution is 6.05. The lowest BCUT2D eigenvalue weighted by atomic mass is 9.81. The summed E-state index contributed by atoms with van der Waals surface area (Å²) in [6, 6.07) is 10.4. The molecule has 0 unspecified atom stereocenters. The number of carbonyl (C=O) groups is 3. The fraction of sp³-hybridized carbons (Fsp3) is 0.591. The summed E-state index contributed by atoms with van der Waals surface area (Å²) in [6.45, 7) is 4.27. The number of hydrogen-bond acceptors (Lipinski definition) is 4. The summed E-state index contributed by atoms with van der Waals surface area (Å²) in [5.41, 5.74) is 1.29. The number of nitrogens with zero attached hydrogens (tertiary/aromatic N) is 3. The molecule has 2 heterocycles. The first-order valence-electron chi connectivity index (χ1n) is 10.5. The summed E-state index contributed by atoms with van der Waals surface area (Å²) in [5, 5.41) is 0. The van der Waals surface area contributed by atoms with E-state index in [1.807, 2.05) is 23.1 Å². The highest BCUT2D eigenvalue weighted by atomic mass is 16.2. The first-order valence-corrected chi connectivity index (χ1v) is 10.5. The second-order valence-electron chi connectivity index (χ2n) is 8.22. The molecule has 3 amide bonds. The van der Waals surface area contributed by atoms with Gasteiger partial charge >= 0.3 is 0 Å². The highest BCUT2D eigenvalue weighted by Crippen LogP contribution is 2.38. The monoisotopic (exact) mass is 383 g/mol. The summed E-state index contributed by atoms with van der Waals surface area (Å²) in [4.78, 5) is 43.3. The Morgan fingerprint density at radius 2 is 1.50 bits per heavy atom. The third-order valence-corrected chi connectivity index (χ3v) is 6.46. The van der Waals surface area contributed by atoms with Crippen molar-refractivity contribution in [1.29, 1.82) is 0 Å². The average Bonchev–Trinajstić information content (AvgIpc) is 2.98. The Labute approximate surface area is 166 Å². The molecule has 0 spiro atoms. The number of piperazine rings is 1. The van der Waals surface area contributed by atoms with Crippen molar-refractivity contribution in [3.63, 3.8) is 0 Å². The van der Waals surface area contributed by atoms with Crippen LogP contribution in [0.15, 0.2) is 30.3 Å². The molecule has 2 atom stereocenters. The summed E-state index contributed by atoms with van der Waals surface area (Å²) < 4.78 is 0. The van der Waals surface area contributed by atoms with E-state index in [1.54, 1.807) is 0 Å². The SMILES string of the molecule is O=C(CCN1C(=O)[C@H]2CCCC[C@@H]2C1=O)N1CCN(Cc2ccccc2)CC1. The quantitative estimate of drug-likeness (QED) is 0.729. The van der Waals surface area contributed by atoms with E-state index < -0.39 is 0 Å². The highest BCUT2D eigenvalue weighted by Gasteiger charge is 2.47. The molecule has 1 saturated carbocycles. The van der Waals surface area contributed by atoms with E-state index >= 15 is 0 Å². The number of likely N-dealkylation sites (tertiary alicyclic amines) is 1. The Bertz CT molecular complexity index is 704. The zero-order valence-electron chi connectivity index (χ0n) is 16.4. The van der Waals surface area contributed by atoms with Gasteiger partial charge < -0.3 is 4.90 Å². The van der Waals surface area contributed by atoms with Crippen molar-refractivity contribution in [3.05, 3.63) is 35.9 Å². The lowest BCUT2D eigenvalue weighted by Crippen LogP contribution is -2.49. The molecular weight excluding hydrogens is 354 g/mol. The predicted octanol–water partition coefficient (Wildman–Crippen LogP) is 1.90. The van der Waals surface area contributed by atoms with E-state index in [0.717, 1.165) is 45.3 Å². The summed E-state index contributed by atoms with van der Waals surface area (Å²) in [7, 11) is 0. The Kier molecular flexibility index (Phi) is 5.76. The van der Waals surface area contributed by atoms with Crippen LogP contribution < -0.4 is 0 Å². The van der Waals surface area contributed by atoms with E-state index in [2.05, 4.69) is 17.0 Å². The van der Waals surface area contributed by atoms with Crippen LogP contribution in [0.25, 0.3) is 0 Å². The largest absolute Gasteiger partial charge is 0.340 e. The van der Waals surface area contributed by atoms with Crippen LogP contribution in [0.2, 0.25) is 0 Å². The number of hydrogen-bond donors (Lipinski definition) is 0. The molecule has 3 aliphatic rings. The first-order chi connectivity index (χ1) is 13.6. The molecule has 2 saturated heterocycles. The van der Waals surface area contributed by atoms with Gasteiger partial charge in [-0.15, -0.1) is 0 Å². The Morgan fingerprint density at radius 1 is 0.893 bits per heavy atom. The molecule has 0 radical (unpaired) electrons. The Balaban J connectivity index is 1.24. The molecule has 28 heavy (non-hydrogen) atoms. The van der Waals surface area contributed by atoms with Crippen LogP contribution in [-0.4, -0.2) is 65.1 Å². The molecule has 6 heteroatoms. The van der Waals surface area contributed by atoms with E-state index in [9.17, 15) is 14.4 Å². The number of fused-ring (bicyclic) bond motifs is 1. The summed E-state index contributed by atoms with van der Waals surface area (Å²) >= 11 is 0. The predicted molar refractivity (Wildman–Crippen MR) is 105 cm³/mol. The zero-order chi connectivity index (χ0) is 19.5. The van der Waals surface area contributed by atoms with Crippen molar-refractivity contribution < 1.29 is 14.4 Å². The summed E-state index contributed by atoms with van der Waals surface area (Å²) in [6.07, 6.45) is 3.95. The van der Waals surface area contributed by atoms with Crippen molar-refractivity contribution >= 4 is 17.7 Å². The van der Waals surface area contributed by atoms with Gasteiger partial charge in [0, 0.05) is 45.7 Å². The number of carbonyl (C=O) groups excluding carboxylic acids is 3. The van der Waals surface area contributed by atoms with E-state index in [-0.39, 0.29) is 42.5 Å². The average molecular weight is 383 g/mol. The minimum atomic E-state index is -0.127. The van der Waals surface area contributed by atoms with Gasteiger partial charge in [0.05, 0.1) is 11.8 Å². The van der Waals surface area contributed by atoms with Crippen LogP contribution in [0.3, 0.4) is 0 Å². The van der Waals surface area contributed by atoms with Gasteiger partial charge in [-0.2, -0.15) is 0 Å². The third-order valence-electron chi connectivity index (χ3n) is 6.46. The van der Waals surface area contributed by atoms with Crippen molar-refractivity contribution in [2.24, 2.45) is 11.8 Å². The van der Waals surface area contributed by atoms with Gasteiger partial charge in [-0.3, -0.25) is 24.2 Å². The minimum absolute atomic E-state index is 0.0461. The van der Waals surface area contributed by atoms with Crippen LogP contribution in [0.5, 0.6) is 0 Å². The molecule has 150 valence electrons. The molecule has 3 fully saturated rings. The molecule has 0 aromatic heterocycles. The third kappa shape index (κ3) is 3.97. The molecule has 0 N–H and O–H groups in total. The maximum absolute atomic E-state index is 12.6. The molecule has 1 aliphatic carbocycles. The maximum Gasteiger partial charge on any atom is 0.233 e. The number of benzene rings is 1. The summed E-state index contributed by atoms with van der Waals surface area (Å²) in [5.74, 6) is -0.295. The minimum Gasteiger partial charge on any atom is -0.340 e. The Morgan fingerprint density at radius 3 is 2.11 bits per heavy atom. The van der Waals surface area contributed by atoms with Gasteiger partial charge in [-0.05, 0) is 18.4 Å². The Hall–Kier alpha value is -2.21. The zero-order valence-corrected chi connectivity index (χ0v) is 16.4. The fourth-order valence-electron chi connectivity index (χ4n) is 4.81. The number of rotatable bonds is 5. The molecule has 1 aromatic rings. The second kappa shape index (κ2) is 8.43. The van der Waals surface area contributed by atoms with Crippen LogP contribution in [0.1, 0.15) is 37.7 Å². The number of imide groups is 1. The maximum atomic E-state index is 12.6. The lowest BCUT2D eigenvalue weighted by Gasteiger charge is -2.35. The smallest absolute Gasteiger partial charge is 0.233 e. The van der Waals surface area contributed by atoms with Crippen molar-refractivity contribution in [2.75, 3.05) is 32.7 Å². The van der Waals surface area contributed by atoms with Gasteiger partial charge in [-0.1, -0.05) is 43.2 Å². The van der Waals surface area contributed by atoms with Gasteiger partial charge in [0.2, 0.25) is 17.7 Å². The van der Waals surface area contributed by atoms with Crippen LogP contribution in [0.4, 0.5) is 0 Å². The van der Waals surface area contributed by atoms with Gasteiger partial charge in [0.1, 0.15) is 0 Å². The van der Waals surface area contributed by atoms with E-state index in [4.69, 9.17) is 0 Å².